The summed E-state index contributed by atoms with van der Waals surface area (Å²) in [6, 6.07) is 3.11. The van der Waals surface area contributed by atoms with Crippen LogP contribution in [-0.4, -0.2) is 4.98 Å². The summed E-state index contributed by atoms with van der Waals surface area (Å²) in [4.78, 5) is 3.43. The largest absolute Gasteiger partial charge is 0.433 e. The zero-order valence-electron chi connectivity index (χ0n) is 7.51. The number of rotatable bonds is 1. The monoisotopic (exact) mass is 201 g/mol. The predicted octanol–water partition coefficient (Wildman–Crippen LogP) is 3.37. The molecule has 0 amide bonds. The molecule has 76 valence electrons. The summed E-state index contributed by atoms with van der Waals surface area (Å²) in [5, 5.41) is 0. The van der Waals surface area contributed by atoms with Gasteiger partial charge in [-0.25, -0.2) is 0 Å². The molecule has 0 atom stereocenters. The first-order valence-electron chi connectivity index (χ1n) is 4.61. The summed E-state index contributed by atoms with van der Waals surface area (Å²) in [6.45, 7) is 0. The van der Waals surface area contributed by atoms with Crippen molar-refractivity contribution < 1.29 is 13.2 Å². The lowest BCUT2D eigenvalue weighted by molar-refractivity contribution is -0.142. The Morgan fingerprint density at radius 3 is 2.50 bits per heavy atom. The number of alkyl halides is 3. The molecule has 0 aliphatic heterocycles. The second-order valence-electron chi connectivity index (χ2n) is 3.57. The lowest BCUT2D eigenvalue weighted by Crippen LogP contribution is -2.17. The number of pyridine rings is 1. The van der Waals surface area contributed by atoms with Gasteiger partial charge in [0.1, 0.15) is 5.69 Å². The Morgan fingerprint density at radius 2 is 2.00 bits per heavy atom. The minimum atomic E-state index is -4.31. The topological polar surface area (TPSA) is 12.9 Å². The second-order valence-corrected chi connectivity index (χ2v) is 3.57. The first-order valence-corrected chi connectivity index (χ1v) is 4.61. The van der Waals surface area contributed by atoms with Gasteiger partial charge in [-0.1, -0.05) is 12.5 Å². The van der Waals surface area contributed by atoms with E-state index in [2.05, 4.69) is 4.98 Å². The van der Waals surface area contributed by atoms with E-state index >= 15 is 0 Å². The molecule has 0 N–H and O–H groups in total. The molecular weight excluding hydrogens is 191 g/mol. The molecule has 0 aromatic carbocycles. The van der Waals surface area contributed by atoms with E-state index in [1.807, 2.05) is 0 Å². The van der Waals surface area contributed by atoms with Crippen LogP contribution in [0.4, 0.5) is 13.2 Å². The Bertz CT molecular complexity index is 328. The van der Waals surface area contributed by atoms with Crippen LogP contribution in [0.25, 0.3) is 0 Å². The molecule has 14 heavy (non-hydrogen) atoms. The highest BCUT2D eigenvalue weighted by atomic mass is 19.4. The summed E-state index contributed by atoms with van der Waals surface area (Å²) >= 11 is 0. The highest BCUT2D eigenvalue weighted by molar-refractivity contribution is 5.27. The van der Waals surface area contributed by atoms with Gasteiger partial charge in [-0.2, -0.15) is 13.2 Å². The van der Waals surface area contributed by atoms with Crippen LogP contribution in [0.3, 0.4) is 0 Å². The Kier molecular flexibility index (Phi) is 2.21. The van der Waals surface area contributed by atoms with E-state index in [-0.39, 0.29) is 5.92 Å². The van der Waals surface area contributed by atoms with Gasteiger partial charge in [0.2, 0.25) is 0 Å². The minimum absolute atomic E-state index is 0.0697. The zero-order chi connectivity index (χ0) is 10.2. The first kappa shape index (κ1) is 9.49. The van der Waals surface area contributed by atoms with Crippen molar-refractivity contribution in [3.8, 4) is 0 Å². The Labute approximate surface area is 80.0 Å². The Hall–Kier alpha value is -1.06. The highest BCUT2D eigenvalue weighted by Crippen LogP contribution is 2.41. The Morgan fingerprint density at radius 1 is 1.29 bits per heavy atom. The van der Waals surface area contributed by atoms with Crippen molar-refractivity contribution in [3.63, 3.8) is 0 Å². The van der Waals surface area contributed by atoms with Gasteiger partial charge in [-0.3, -0.25) is 4.98 Å². The van der Waals surface area contributed by atoms with Crippen molar-refractivity contribution in [1.82, 2.24) is 4.98 Å². The molecule has 1 aromatic rings. The molecule has 1 aromatic heterocycles. The van der Waals surface area contributed by atoms with Gasteiger partial charge < -0.3 is 0 Å². The molecule has 1 saturated carbocycles. The fraction of sp³-hybridized carbons (Fsp3) is 0.500. The van der Waals surface area contributed by atoms with E-state index in [0.717, 1.165) is 19.3 Å². The smallest absolute Gasteiger partial charge is 0.252 e. The fourth-order valence-electron chi connectivity index (χ4n) is 1.70. The standard InChI is InChI=1S/C10H10F3N/c11-10(12,13)9-8(5-2-6-14-9)7-3-1-4-7/h2,5-7H,1,3-4H2. The van der Waals surface area contributed by atoms with E-state index < -0.39 is 11.9 Å². The van der Waals surface area contributed by atoms with Gasteiger partial charge in [0, 0.05) is 6.20 Å². The van der Waals surface area contributed by atoms with Crippen molar-refractivity contribution in [2.24, 2.45) is 0 Å². The van der Waals surface area contributed by atoms with Crippen LogP contribution < -0.4 is 0 Å². The molecule has 1 fully saturated rings. The summed E-state index contributed by atoms with van der Waals surface area (Å²) in [5.74, 6) is 0.0697. The summed E-state index contributed by atoms with van der Waals surface area (Å²) < 4.78 is 37.5. The molecule has 0 spiro atoms. The maximum Gasteiger partial charge on any atom is 0.433 e. The summed E-state index contributed by atoms with van der Waals surface area (Å²) in [5.41, 5.74) is -0.337. The predicted molar refractivity (Wildman–Crippen MR) is 45.8 cm³/mol. The fourth-order valence-corrected chi connectivity index (χ4v) is 1.70. The van der Waals surface area contributed by atoms with E-state index in [9.17, 15) is 13.2 Å². The van der Waals surface area contributed by atoms with Crippen LogP contribution in [-0.2, 0) is 6.18 Å². The molecule has 0 saturated heterocycles. The third-order valence-corrected chi connectivity index (χ3v) is 2.65. The third kappa shape index (κ3) is 1.61. The highest BCUT2D eigenvalue weighted by Gasteiger charge is 2.37. The van der Waals surface area contributed by atoms with Crippen molar-refractivity contribution in [3.05, 3.63) is 29.6 Å². The molecule has 4 heteroatoms. The van der Waals surface area contributed by atoms with Gasteiger partial charge in [0.25, 0.3) is 0 Å². The summed E-state index contributed by atoms with van der Waals surface area (Å²) in [6.07, 6.45) is -0.377. The molecule has 1 aliphatic rings. The van der Waals surface area contributed by atoms with Crippen LogP contribution in [0.5, 0.6) is 0 Å². The van der Waals surface area contributed by atoms with E-state index in [4.69, 9.17) is 0 Å². The number of hydrogen-bond acceptors (Lipinski definition) is 1. The molecule has 1 nitrogen and oxygen atoms in total. The zero-order valence-corrected chi connectivity index (χ0v) is 7.51. The van der Waals surface area contributed by atoms with Gasteiger partial charge in [-0.05, 0) is 30.4 Å². The quantitative estimate of drug-likeness (QED) is 0.678. The van der Waals surface area contributed by atoms with Gasteiger partial charge >= 0.3 is 6.18 Å². The van der Waals surface area contributed by atoms with Crippen molar-refractivity contribution in [2.45, 2.75) is 31.4 Å². The average molecular weight is 201 g/mol. The van der Waals surface area contributed by atoms with Crippen LogP contribution in [0.2, 0.25) is 0 Å². The maximum atomic E-state index is 12.5. The molecule has 1 aliphatic carbocycles. The second kappa shape index (κ2) is 3.26. The van der Waals surface area contributed by atoms with Gasteiger partial charge in [0.05, 0.1) is 0 Å². The van der Waals surface area contributed by atoms with Crippen LogP contribution in [0.1, 0.15) is 36.4 Å². The molecule has 2 rings (SSSR count). The van der Waals surface area contributed by atoms with E-state index in [1.165, 1.54) is 6.20 Å². The van der Waals surface area contributed by atoms with E-state index in [0.29, 0.717) is 5.56 Å². The van der Waals surface area contributed by atoms with Crippen molar-refractivity contribution in [1.29, 1.82) is 0 Å². The number of halogens is 3. The van der Waals surface area contributed by atoms with Crippen LogP contribution in [0, 0.1) is 0 Å². The number of aromatic nitrogens is 1. The lowest BCUT2D eigenvalue weighted by atomic mass is 9.79. The first-order chi connectivity index (χ1) is 6.59. The molecule has 0 bridgehead atoms. The number of nitrogens with zero attached hydrogens (tertiary/aromatic N) is 1. The average Bonchev–Trinajstić information content (AvgIpc) is 2.00. The minimum Gasteiger partial charge on any atom is -0.252 e. The summed E-state index contributed by atoms with van der Waals surface area (Å²) in [7, 11) is 0. The SMILES string of the molecule is FC(F)(F)c1ncccc1C1CCC1. The van der Waals surface area contributed by atoms with Crippen molar-refractivity contribution in [2.75, 3.05) is 0 Å². The van der Waals surface area contributed by atoms with Crippen LogP contribution in [0.15, 0.2) is 18.3 Å². The molecule has 1 heterocycles. The maximum absolute atomic E-state index is 12.5. The molecule has 0 radical (unpaired) electrons. The van der Waals surface area contributed by atoms with Gasteiger partial charge in [0.15, 0.2) is 0 Å². The third-order valence-electron chi connectivity index (χ3n) is 2.65. The lowest BCUT2D eigenvalue weighted by Gasteiger charge is -2.27. The van der Waals surface area contributed by atoms with E-state index in [1.54, 1.807) is 12.1 Å². The normalized spacial score (nSPS) is 17.9. The van der Waals surface area contributed by atoms with Gasteiger partial charge in [-0.15, -0.1) is 0 Å². The van der Waals surface area contributed by atoms with Crippen molar-refractivity contribution >= 4 is 0 Å². The van der Waals surface area contributed by atoms with Crippen LogP contribution >= 0.6 is 0 Å². The molecule has 0 unspecified atom stereocenters. The molecular formula is C10H10F3N. The Balaban J connectivity index is 2.38. The number of hydrogen-bond donors (Lipinski definition) is 0.